The molecule has 0 aromatic heterocycles. The quantitative estimate of drug-likeness (QED) is 0.520. The summed E-state index contributed by atoms with van der Waals surface area (Å²) < 4.78 is 16.1. The Balaban J connectivity index is 3.01. The number of nitrogens with one attached hydrogen (secondary N) is 1. The van der Waals surface area contributed by atoms with Crippen LogP contribution in [0.3, 0.4) is 0 Å². The normalized spacial score (nSPS) is 10.9. The molecule has 0 aromatic carbocycles. The second kappa shape index (κ2) is 13.8. The molecule has 0 unspecified atom stereocenters. The van der Waals surface area contributed by atoms with Crippen LogP contribution in [-0.2, 0) is 19.0 Å². The van der Waals surface area contributed by atoms with E-state index in [0.717, 1.165) is 38.9 Å². The van der Waals surface area contributed by atoms with Crippen molar-refractivity contribution in [3.8, 4) is 0 Å². The third kappa shape index (κ3) is 15.3. The largest absolute Gasteiger partial charge is 0.381 e. The van der Waals surface area contributed by atoms with Gasteiger partial charge in [0.25, 0.3) is 0 Å². The first kappa shape index (κ1) is 18.4. The number of carbonyl (C=O) groups is 1. The van der Waals surface area contributed by atoms with Gasteiger partial charge in [0.1, 0.15) is 6.61 Å². The number of carbonyl (C=O) groups excluding carboxylic acids is 1. The highest BCUT2D eigenvalue weighted by Crippen LogP contribution is 1.99. The number of amides is 1. The molecule has 0 fully saturated rings. The Morgan fingerprint density at radius 1 is 0.947 bits per heavy atom. The molecule has 0 aromatic rings. The molecule has 5 heteroatoms. The molecule has 114 valence electrons. The Labute approximate surface area is 117 Å². The van der Waals surface area contributed by atoms with Gasteiger partial charge in [0.15, 0.2) is 0 Å². The number of hydrogen-bond donors (Lipinski definition) is 1. The molecule has 0 aliphatic heterocycles. The van der Waals surface area contributed by atoms with Gasteiger partial charge in [-0.1, -0.05) is 0 Å². The van der Waals surface area contributed by atoms with Gasteiger partial charge in [-0.05, 0) is 39.5 Å². The number of ether oxygens (including phenoxy) is 3. The van der Waals surface area contributed by atoms with Crippen LogP contribution in [0.1, 0.15) is 39.5 Å². The van der Waals surface area contributed by atoms with E-state index in [1.165, 1.54) is 0 Å². The zero-order valence-electron chi connectivity index (χ0n) is 12.6. The predicted octanol–water partition coefficient (Wildman–Crippen LogP) is 1.75. The molecule has 0 heterocycles. The molecule has 1 amide bonds. The first-order valence-electron chi connectivity index (χ1n) is 7.14. The minimum absolute atomic E-state index is 0.0930. The summed E-state index contributed by atoms with van der Waals surface area (Å²) in [6.45, 7) is 7.12. The standard InChI is InChI=1S/C14H29NO4/c1-13(2)19-11-6-4-5-8-17-9-7-10-18-12-14(16)15-3/h13H,4-12H2,1-3H3,(H,15,16). The van der Waals surface area contributed by atoms with Gasteiger partial charge in [-0.15, -0.1) is 0 Å². The van der Waals surface area contributed by atoms with Crippen molar-refractivity contribution in [2.75, 3.05) is 40.1 Å². The monoisotopic (exact) mass is 275 g/mol. The summed E-state index contributed by atoms with van der Waals surface area (Å²) >= 11 is 0. The maximum absolute atomic E-state index is 10.8. The highest BCUT2D eigenvalue weighted by molar-refractivity contribution is 5.76. The zero-order chi connectivity index (χ0) is 14.3. The SMILES string of the molecule is CNC(=O)COCCCOCCCCCOC(C)C. The van der Waals surface area contributed by atoms with Crippen LogP contribution in [0.25, 0.3) is 0 Å². The average Bonchev–Trinajstić information content (AvgIpc) is 2.39. The molecule has 0 aliphatic rings. The van der Waals surface area contributed by atoms with E-state index in [0.29, 0.717) is 19.3 Å². The fourth-order valence-electron chi connectivity index (χ4n) is 1.40. The van der Waals surface area contributed by atoms with Gasteiger partial charge < -0.3 is 19.5 Å². The van der Waals surface area contributed by atoms with E-state index in [1.54, 1.807) is 7.05 Å². The first-order valence-corrected chi connectivity index (χ1v) is 7.14. The lowest BCUT2D eigenvalue weighted by molar-refractivity contribution is -0.125. The minimum Gasteiger partial charge on any atom is -0.381 e. The number of likely N-dealkylation sites (N-methyl/N-ethyl adjacent to an activating group) is 1. The van der Waals surface area contributed by atoms with Crippen molar-refractivity contribution >= 4 is 5.91 Å². The molecule has 19 heavy (non-hydrogen) atoms. The molecule has 0 saturated carbocycles. The van der Waals surface area contributed by atoms with E-state index < -0.39 is 0 Å². The molecule has 0 aliphatic carbocycles. The van der Waals surface area contributed by atoms with Crippen LogP contribution >= 0.6 is 0 Å². The molecule has 0 radical (unpaired) electrons. The molecule has 0 bridgehead atoms. The van der Waals surface area contributed by atoms with Gasteiger partial charge in [-0.3, -0.25) is 4.79 Å². The van der Waals surface area contributed by atoms with Gasteiger partial charge in [-0.25, -0.2) is 0 Å². The van der Waals surface area contributed by atoms with Crippen molar-refractivity contribution in [3.05, 3.63) is 0 Å². The van der Waals surface area contributed by atoms with Crippen LogP contribution in [0.2, 0.25) is 0 Å². The Hall–Kier alpha value is -0.650. The lowest BCUT2D eigenvalue weighted by Crippen LogP contribution is -2.23. The van der Waals surface area contributed by atoms with Gasteiger partial charge in [-0.2, -0.15) is 0 Å². The van der Waals surface area contributed by atoms with Gasteiger partial charge in [0.2, 0.25) is 5.91 Å². The van der Waals surface area contributed by atoms with Crippen molar-refractivity contribution in [2.24, 2.45) is 0 Å². The Kier molecular flexibility index (Phi) is 13.3. The van der Waals surface area contributed by atoms with Crippen LogP contribution in [0, 0.1) is 0 Å². The van der Waals surface area contributed by atoms with E-state index in [-0.39, 0.29) is 12.5 Å². The van der Waals surface area contributed by atoms with Gasteiger partial charge in [0, 0.05) is 33.5 Å². The van der Waals surface area contributed by atoms with Crippen molar-refractivity contribution in [3.63, 3.8) is 0 Å². The van der Waals surface area contributed by atoms with E-state index in [1.807, 2.05) is 0 Å². The molecular weight excluding hydrogens is 246 g/mol. The minimum atomic E-state index is -0.0930. The molecule has 1 N–H and O–H groups in total. The lowest BCUT2D eigenvalue weighted by atomic mass is 10.2. The van der Waals surface area contributed by atoms with Crippen LogP contribution in [0.15, 0.2) is 0 Å². The maximum atomic E-state index is 10.8. The number of hydrogen-bond acceptors (Lipinski definition) is 4. The van der Waals surface area contributed by atoms with Gasteiger partial charge in [0.05, 0.1) is 6.10 Å². The molecule has 0 rings (SSSR count). The maximum Gasteiger partial charge on any atom is 0.245 e. The van der Waals surface area contributed by atoms with Gasteiger partial charge >= 0.3 is 0 Å². The molecule has 0 atom stereocenters. The fourth-order valence-corrected chi connectivity index (χ4v) is 1.40. The van der Waals surface area contributed by atoms with Crippen molar-refractivity contribution in [1.29, 1.82) is 0 Å². The zero-order valence-corrected chi connectivity index (χ0v) is 12.6. The van der Waals surface area contributed by atoms with Crippen molar-refractivity contribution in [1.82, 2.24) is 5.32 Å². The predicted molar refractivity (Wildman–Crippen MR) is 75.3 cm³/mol. The summed E-state index contributed by atoms with van der Waals surface area (Å²) in [5.74, 6) is -0.0930. The Morgan fingerprint density at radius 3 is 2.26 bits per heavy atom. The molecular formula is C14H29NO4. The lowest BCUT2D eigenvalue weighted by Gasteiger charge is -2.07. The van der Waals surface area contributed by atoms with E-state index >= 15 is 0 Å². The number of unbranched alkanes of at least 4 members (excludes halogenated alkanes) is 2. The Morgan fingerprint density at radius 2 is 1.58 bits per heavy atom. The van der Waals surface area contributed by atoms with E-state index in [2.05, 4.69) is 19.2 Å². The summed E-state index contributed by atoms with van der Waals surface area (Å²) in [6, 6.07) is 0. The Bertz CT molecular complexity index is 210. The third-order valence-corrected chi connectivity index (χ3v) is 2.47. The van der Waals surface area contributed by atoms with E-state index in [4.69, 9.17) is 14.2 Å². The highest BCUT2D eigenvalue weighted by atomic mass is 16.5. The highest BCUT2D eigenvalue weighted by Gasteiger charge is 1.97. The second-order valence-corrected chi connectivity index (χ2v) is 4.67. The second-order valence-electron chi connectivity index (χ2n) is 4.67. The smallest absolute Gasteiger partial charge is 0.245 e. The van der Waals surface area contributed by atoms with Crippen molar-refractivity contribution in [2.45, 2.75) is 45.6 Å². The summed E-state index contributed by atoms with van der Waals surface area (Å²) in [5.41, 5.74) is 0. The molecule has 0 saturated heterocycles. The van der Waals surface area contributed by atoms with Crippen LogP contribution in [0.4, 0.5) is 0 Å². The molecule has 0 spiro atoms. The fraction of sp³-hybridized carbons (Fsp3) is 0.929. The molecule has 5 nitrogen and oxygen atoms in total. The first-order chi connectivity index (χ1) is 9.16. The average molecular weight is 275 g/mol. The van der Waals surface area contributed by atoms with E-state index in [9.17, 15) is 4.79 Å². The van der Waals surface area contributed by atoms with Crippen LogP contribution < -0.4 is 5.32 Å². The van der Waals surface area contributed by atoms with Crippen LogP contribution in [0.5, 0.6) is 0 Å². The summed E-state index contributed by atoms with van der Waals surface area (Å²) in [7, 11) is 1.60. The summed E-state index contributed by atoms with van der Waals surface area (Å²) in [4.78, 5) is 10.8. The topological polar surface area (TPSA) is 56.8 Å². The third-order valence-electron chi connectivity index (χ3n) is 2.47. The summed E-state index contributed by atoms with van der Waals surface area (Å²) in [5, 5.41) is 2.50. The number of rotatable bonds is 13. The van der Waals surface area contributed by atoms with Crippen molar-refractivity contribution < 1.29 is 19.0 Å². The van der Waals surface area contributed by atoms with Crippen LogP contribution in [-0.4, -0.2) is 52.1 Å². The summed E-state index contributed by atoms with van der Waals surface area (Å²) in [6.07, 6.45) is 4.45.